The van der Waals surface area contributed by atoms with Crippen LogP contribution < -0.4 is 5.73 Å². The van der Waals surface area contributed by atoms with Gasteiger partial charge in [-0.15, -0.1) is 0 Å². The number of aryl methyl sites for hydroxylation is 1. The molecule has 0 fully saturated rings. The second-order valence-electron chi connectivity index (χ2n) is 4.25. The Kier molecular flexibility index (Phi) is 3.14. The molecule has 0 aromatic heterocycles. The van der Waals surface area contributed by atoms with Gasteiger partial charge in [-0.3, -0.25) is 0 Å². The first-order valence-corrected chi connectivity index (χ1v) is 5.22. The maximum absolute atomic E-state index is 5.94. The lowest BCUT2D eigenvalue weighted by Crippen LogP contribution is -2.34. The van der Waals surface area contributed by atoms with Crippen molar-refractivity contribution in [1.82, 2.24) is 0 Å². The molecule has 1 rings (SSSR count). The molecule has 0 saturated carbocycles. The van der Waals surface area contributed by atoms with Crippen LogP contribution >= 0.6 is 15.9 Å². The highest BCUT2D eigenvalue weighted by atomic mass is 79.9. The maximum Gasteiger partial charge on any atom is 0.0207 e. The molecule has 0 aliphatic heterocycles. The van der Waals surface area contributed by atoms with Crippen LogP contribution in [-0.2, 0) is 6.42 Å². The van der Waals surface area contributed by atoms with Crippen molar-refractivity contribution in [3.63, 3.8) is 0 Å². The van der Waals surface area contributed by atoms with Gasteiger partial charge < -0.3 is 5.73 Å². The first-order valence-electron chi connectivity index (χ1n) is 4.42. The quantitative estimate of drug-likeness (QED) is 0.847. The monoisotopic (exact) mass is 241 g/mol. The van der Waals surface area contributed by atoms with E-state index in [-0.39, 0.29) is 5.54 Å². The molecule has 0 unspecified atom stereocenters. The number of hydrogen-bond acceptors (Lipinski definition) is 1. The lowest BCUT2D eigenvalue weighted by Gasteiger charge is -2.18. The molecule has 1 aromatic carbocycles. The Morgan fingerprint density at radius 1 is 1.38 bits per heavy atom. The van der Waals surface area contributed by atoms with Crippen LogP contribution in [0.3, 0.4) is 0 Å². The molecule has 1 aromatic rings. The van der Waals surface area contributed by atoms with E-state index < -0.39 is 0 Å². The number of rotatable bonds is 2. The minimum Gasteiger partial charge on any atom is -0.325 e. The van der Waals surface area contributed by atoms with Gasteiger partial charge in [0.05, 0.1) is 0 Å². The Hall–Kier alpha value is -0.340. The highest BCUT2D eigenvalue weighted by Crippen LogP contribution is 2.19. The smallest absolute Gasteiger partial charge is 0.0207 e. The van der Waals surface area contributed by atoms with Crippen LogP contribution in [0.15, 0.2) is 22.7 Å². The fourth-order valence-corrected chi connectivity index (χ4v) is 1.70. The average Bonchev–Trinajstić information content (AvgIpc) is 1.94. The van der Waals surface area contributed by atoms with Gasteiger partial charge >= 0.3 is 0 Å². The summed E-state index contributed by atoms with van der Waals surface area (Å²) in [4.78, 5) is 0. The molecule has 2 heteroatoms. The van der Waals surface area contributed by atoms with Crippen molar-refractivity contribution in [2.24, 2.45) is 5.73 Å². The molecule has 0 radical (unpaired) electrons. The molecule has 0 heterocycles. The highest BCUT2D eigenvalue weighted by Gasteiger charge is 2.11. The minimum atomic E-state index is -0.130. The van der Waals surface area contributed by atoms with E-state index in [9.17, 15) is 0 Å². The zero-order valence-electron chi connectivity index (χ0n) is 8.39. The van der Waals surface area contributed by atoms with Crippen molar-refractivity contribution in [3.8, 4) is 0 Å². The molecule has 1 nitrogen and oxygen atoms in total. The Labute approximate surface area is 88.5 Å². The normalized spacial score (nSPS) is 11.8. The highest BCUT2D eigenvalue weighted by molar-refractivity contribution is 9.10. The Balaban J connectivity index is 2.86. The number of hydrogen-bond donors (Lipinski definition) is 1. The van der Waals surface area contributed by atoms with Gasteiger partial charge in [0, 0.05) is 10.0 Å². The number of nitrogens with two attached hydrogens (primary N) is 1. The topological polar surface area (TPSA) is 26.0 Å². The lowest BCUT2D eigenvalue weighted by atomic mass is 9.96. The summed E-state index contributed by atoms with van der Waals surface area (Å²) >= 11 is 3.51. The first-order chi connectivity index (χ1) is 5.88. The molecule has 0 bridgehead atoms. The fourth-order valence-electron chi connectivity index (χ4n) is 1.27. The van der Waals surface area contributed by atoms with Crippen molar-refractivity contribution in [1.29, 1.82) is 0 Å². The molecule has 0 aliphatic carbocycles. The van der Waals surface area contributed by atoms with Crippen molar-refractivity contribution in [2.45, 2.75) is 32.7 Å². The van der Waals surface area contributed by atoms with Crippen molar-refractivity contribution >= 4 is 15.9 Å². The summed E-state index contributed by atoms with van der Waals surface area (Å²) in [5.74, 6) is 0. The minimum absolute atomic E-state index is 0.130. The van der Waals surface area contributed by atoms with E-state index in [4.69, 9.17) is 5.73 Å². The Morgan fingerprint density at radius 2 is 2.00 bits per heavy atom. The van der Waals surface area contributed by atoms with Crippen LogP contribution in [0, 0.1) is 6.92 Å². The van der Waals surface area contributed by atoms with E-state index in [1.54, 1.807) is 0 Å². The van der Waals surface area contributed by atoms with Crippen molar-refractivity contribution < 1.29 is 0 Å². The van der Waals surface area contributed by atoms with E-state index in [1.807, 2.05) is 13.8 Å². The van der Waals surface area contributed by atoms with Crippen LogP contribution in [0.1, 0.15) is 25.0 Å². The molecular weight excluding hydrogens is 226 g/mol. The van der Waals surface area contributed by atoms with Crippen LogP contribution in [0.5, 0.6) is 0 Å². The second kappa shape index (κ2) is 3.81. The second-order valence-corrected chi connectivity index (χ2v) is 5.10. The molecule has 2 N–H and O–H groups in total. The summed E-state index contributed by atoms with van der Waals surface area (Å²) in [5, 5.41) is 0. The third-order valence-electron chi connectivity index (χ3n) is 1.90. The Morgan fingerprint density at radius 3 is 2.46 bits per heavy atom. The summed E-state index contributed by atoms with van der Waals surface area (Å²) in [7, 11) is 0. The predicted octanol–water partition coefficient (Wildman–Crippen LogP) is 3.04. The zero-order chi connectivity index (χ0) is 10.1. The van der Waals surface area contributed by atoms with Gasteiger partial charge in [0.1, 0.15) is 0 Å². The third-order valence-corrected chi connectivity index (χ3v) is 2.75. The van der Waals surface area contributed by atoms with E-state index in [2.05, 4.69) is 41.1 Å². The standard InChI is InChI=1S/C11H16BrN/c1-8-4-5-9(6-10(8)12)7-11(2,3)13/h4-6H,7,13H2,1-3H3. The number of halogens is 1. The number of benzene rings is 1. The predicted molar refractivity (Wildman–Crippen MR) is 60.8 cm³/mol. The molecule has 0 atom stereocenters. The SMILES string of the molecule is Cc1ccc(CC(C)(C)N)cc1Br. The van der Waals surface area contributed by atoms with Gasteiger partial charge in [-0.2, -0.15) is 0 Å². The summed E-state index contributed by atoms with van der Waals surface area (Å²) in [6, 6.07) is 6.39. The van der Waals surface area contributed by atoms with Gasteiger partial charge in [-0.25, -0.2) is 0 Å². The lowest BCUT2D eigenvalue weighted by molar-refractivity contribution is 0.516. The largest absolute Gasteiger partial charge is 0.325 e. The molecule has 72 valence electrons. The Bertz CT molecular complexity index is 299. The van der Waals surface area contributed by atoms with Crippen molar-refractivity contribution in [2.75, 3.05) is 0 Å². The van der Waals surface area contributed by atoms with Crippen molar-refractivity contribution in [3.05, 3.63) is 33.8 Å². The van der Waals surface area contributed by atoms with Crippen LogP contribution in [-0.4, -0.2) is 5.54 Å². The van der Waals surface area contributed by atoms with Gasteiger partial charge in [-0.05, 0) is 44.4 Å². The molecule has 13 heavy (non-hydrogen) atoms. The van der Waals surface area contributed by atoms with E-state index in [1.165, 1.54) is 11.1 Å². The van der Waals surface area contributed by atoms with E-state index in [0.717, 1.165) is 10.9 Å². The third kappa shape index (κ3) is 3.49. The summed E-state index contributed by atoms with van der Waals surface area (Å²) < 4.78 is 1.16. The van der Waals surface area contributed by atoms with Crippen LogP contribution in [0.2, 0.25) is 0 Å². The van der Waals surface area contributed by atoms with Crippen LogP contribution in [0.25, 0.3) is 0 Å². The van der Waals surface area contributed by atoms with E-state index in [0.29, 0.717) is 0 Å². The molecule has 0 aliphatic rings. The van der Waals surface area contributed by atoms with Gasteiger partial charge in [-0.1, -0.05) is 28.1 Å². The summed E-state index contributed by atoms with van der Waals surface area (Å²) in [6.45, 7) is 6.17. The average molecular weight is 242 g/mol. The van der Waals surface area contributed by atoms with Gasteiger partial charge in [0.15, 0.2) is 0 Å². The van der Waals surface area contributed by atoms with E-state index >= 15 is 0 Å². The van der Waals surface area contributed by atoms with Crippen LogP contribution in [0.4, 0.5) is 0 Å². The molecule has 0 spiro atoms. The molecule has 0 saturated heterocycles. The summed E-state index contributed by atoms with van der Waals surface area (Å²) in [5.41, 5.74) is 8.36. The maximum atomic E-state index is 5.94. The molecular formula is C11H16BrN. The molecule has 0 amide bonds. The first kappa shape index (κ1) is 10.7. The van der Waals surface area contributed by atoms with Gasteiger partial charge in [0.2, 0.25) is 0 Å². The summed E-state index contributed by atoms with van der Waals surface area (Å²) in [6.07, 6.45) is 0.909. The van der Waals surface area contributed by atoms with Gasteiger partial charge in [0.25, 0.3) is 0 Å². The zero-order valence-corrected chi connectivity index (χ0v) is 9.98. The fraction of sp³-hybridized carbons (Fsp3) is 0.455.